The van der Waals surface area contributed by atoms with Crippen molar-refractivity contribution in [2.24, 2.45) is 17.8 Å². The van der Waals surface area contributed by atoms with Crippen molar-refractivity contribution in [2.45, 2.75) is 43.9 Å². The van der Waals surface area contributed by atoms with Gasteiger partial charge < -0.3 is 21.1 Å². The van der Waals surface area contributed by atoms with E-state index in [-0.39, 0.29) is 11.7 Å². The van der Waals surface area contributed by atoms with Gasteiger partial charge in [0, 0.05) is 17.1 Å². The summed E-state index contributed by atoms with van der Waals surface area (Å²) in [5.41, 5.74) is 3.94. The summed E-state index contributed by atoms with van der Waals surface area (Å²) in [6.45, 7) is 0. The number of carboxylic acid groups (broad SMARTS) is 1. The Bertz CT molecular complexity index is 1250. The second-order valence-corrected chi connectivity index (χ2v) is 10.8. The van der Waals surface area contributed by atoms with Gasteiger partial charge in [-0.15, -0.1) is 0 Å². The molecule has 1 aromatic heterocycles. The first-order valence-corrected chi connectivity index (χ1v) is 12.7. The molecule has 7 heteroatoms. The molecule has 0 spiro atoms. The number of aromatic nitrogens is 1. The van der Waals surface area contributed by atoms with Gasteiger partial charge in [-0.2, -0.15) is 0 Å². The Morgan fingerprint density at radius 1 is 0.750 bits per heavy atom. The Kier molecular flexibility index (Phi) is 5.63. The second-order valence-electron chi connectivity index (χ2n) is 10.8. The first-order chi connectivity index (χ1) is 17.4. The smallest absolute Gasteiger partial charge is 0.354 e. The van der Waals surface area contributed by atoms with Gasteiger partial charge >= 0.3 is 12.0 Å². The van der Waals surface area contributed by atoms with Gasteiger partial charge in [0.2, 0.25) is 0 Å². The zero-order chi connectivity index (χ0) is 24.7. The molecule has 2 amide bonds. The molecular weight excluding hydrogens is 452 g/mol. The molecule has 4 N–H and O–H groups in total. The van der Waals surface area contributed by atoms with Crippen LogP contribution in [0.2, 0.25) is 0 Å². The van der Waals surface area contributed by atoms with Crippen LogP contribution in [-0.2, 0) is 5.41 Å². The number of carbonyl (C=O) groups excluding carboxylic acids is 1. The number of nitrogens with zero attached hydrogens (tertiary/aromatic N) is 1. The molecule has 7 nitrogen and oxygen atoms in total. The maximum absolute atomic E-state index is 12.6. The standard InChI is InChI=1S/C29H30N4O3/c34-27(35)25-2-1-3-26(33-25)30-22-8-10-24(11-9-22)32-28(36)31-23-6-4-21(5-7-23)29-15-18-12-19(16-29)14-20(13-18)17-29/h1-11,18-20H,12-17H2,(H,30,33)(H,34,35)(H2,31,32,36). The van der Waals surface area contributed by atoms with Crippen molar-refractivity contribution >= 4 is 34.9 Å². The van der Waals surface area contributed by atoms with Gasteiger partial charge in [0.05, 0.1) is 0 Å². The van der Waals surface area contributed by atoms with Gasteiger partial charge in [-0.3, -0.25) is 0 Å². The van der Waals surface area contributed by atoms with E-state index in [1.807, 2.05) is 12.1 Å². The van der Waals surface area contributed by atoms with Crippen LogP contribution in [0.4, 0.5) is 27.7 Å². The summed E-state index contributed by atoms with van der Waals surface area (Å²) in [4.78, 5) is 27.7. The van der Waals surface area contributed by atoms with E-state index in [0.29, 0.717) is 16.9 Å². The molecule has 3 aromatic rings. The molecule has 4 aliphatic carbocycles. The molecule has 0 saturated heterocycles. The van der Waals surface area contributed by atoms with E-state index in [0.717, 1.165) is 29.1 Å². The zero-order valence-electron chi connectivity index (χ0n) is 20.0. The van der Waals surface area contributed by atoms with E-state index in [1.54, 1.807) is 36.4 Å². The zero-order valence-corrected chi connectivity index (χ0v) is 20.0. The summed E-state index contributed by atoms with van der Waals surface area (Å²) >= 11 is 0. The highest BCUT2D eigenvalue weighted by molar-refractivity contribution is 5.99. The first-order valence-electron chi connectivity index (χ1n) is 12.7. The third-order valence-corrected chi connectivity index (χ3v) is 8.18. The van der Waals surface area contributed by atoms with Crippen molar-refractivity contribution in [2.75, 3.05) is 16.0 Å². The number of hydrogen-bond donors (Lipinski definition) is 4. The van der Waals surface area contributed by atoms with Crippen LogP contribution in [0.15, 0.2) is 66.7 Å². The SMILES string of the molecule is O=C(Nc1ccc(Nc2cccc(C(=O)O)n2)cc1)Nc1ccc(C23CC4CC(CC(C4)C2)C3)cc1. The Morgan fingerprint density at radius 3 is 1.83 bits per heavy atom. The number of carbonyl (C=O) groups is 2. The van der Waals surface area contributed by atoms with Crippen LogP contribution in [0.1, 0.15) is 54.6 Å². The molecule has 36 heavy (non-hydrogen) atoms. The molecule has 0 aliphatic heterocycles. The summed E-state index contributed by atoms with van der Waals surface area (Å²) in [7, 11) is 0. The maximum Gasteiger partial charge on any atom is 0.354 e. The van der Waals surface area contributed by atoms with E-state index in [4.69, 9.17) is 5.11 Å². The second kappa shape index (κ2) is 8.97. The normalized spacial score (nSPS) is 25.8. The van der Waals surface area contributed by atoms with Crippen molar-refractivity contribution < 1.29 is 14.7 Å². The van der Waals surface area contributed by atoms with E-state index >= 15 is 0 Å². The molecule has 4 fully saturated rings. The highest BCUT2D eigenvalue weighted by Crippen LogP contribution is 2.60. The average Bonchev–Trinajstić information content (AvgIpc) is 2.85. The molecule has 4 aliphatic rings. The van der Waals surface area contributed by atoms with E-state index in [2.05, 4.69) is 33.1 Å². The largest absolute Gasteiger partial charge is 0.477 e. The quantitative estimate of drug-likeness (QED) is 0.315. The fraction of sp³-hybridized carbons (Fsp3) is 0.345. The third kappa shape index (κ3) is 4.53. The van der Waals surface area contributed by atoms with E-state index in [9.17, 15) is 9.59 Å². The van der Waals surface area contributed by atoms with Gasteiger partial charge in [-0.05, 0) is 116 Å². The van der Waals surface area contributed by atoms with E-state index < -0.39 is 5.97 Å². The van der Waals surface area contributed by atoms with Crippen LogP contribution < -0.4 is 16.0 Å². The molecular formula is C29H30N4O3. The van der Waals surface area contributed by atoms with Crippen molar-refractivity contribution in [1.29, 1.82) is 0 Å². The van der Waals surface area contributed by atoms with Gasteiger partial charge in [0.1, 0.15) is 5.82 Å². The van der Waals surface area contributed by atoms with Gasteiger partial charge in [0.25, 0.3) is 0 Å². The van der Waals surface area contributed by atoms with Crippen LogP contribution in [0, 0.1) is 17.8 Å². The number of rotatable bonds is 6. The number of benzene rings is 2. The molecule has 184 valence electrons. The van der Waals surface area contributed by atoms with Gasteiger partial charge in [-0.25, -0.2) is 14.6 Å². The number of amides is 2. The lowest BCUT2D eigenvalue weighted by Gasteiger charge is -2.57. The summed E-state index contributed by atoms with van der Waals surface area (Å²) in [6.07, 6.45) is 8.30. The summed E-state index contributed by atoms with van der Waals surface area (Å²) < 4.78 is 0. The lowest BCUT2D eigenvalue weighted by molar-refractivity contribution is -0.00518. The number of aromatic carboxylic acids is 1. The van der Waals surface area contributed by atoms with Crippen LogP contribution in [0.5, 0.6) is 0 Å². The molecule has 0 atom stereocenters. The van der Waals surface area contributed by atoms with Crippen molar-refractivity contribution in [1.82, 2.24) is 4.98 Å². The topological polar surface area (TPSA) is 103 Å². The monoisotopic (exact) mass is 482 g/mol. The lowest BCUT2D eigenvalue weighted by atomic mass is 9.48. The highest BCUT2D eigenvalue weighted by atomic mass is 16.4. The molecule has 4 saturated carbocycles. The Morgan fingerprint density at radius 2 is 1.28 bits per heavy atom. The minimum Gasteiger partial charge on any atom is -0.477 e. The minimum atomic E-state index is -1.08. The first kappa shape index (κ1) is 22.6. The third-order valence-electron chi connectivity index (χ3n) is 8.18. The Balaban J connectivity index is 1.05. The number of pyridine rings is 1. The fourth-order valence-electron chi connectivity index (χ4n) is 7.07. The minimum absolute atomic E-state index is 0.0269. The number of urea groups is 1. The predicted molar refractivity (Wildman–Crippen MR) is 140 cm³/mol. The molecule has 0 radical (unpaired) electrons. The number of nitrogens with one attached hydrogen (secondary N) is 3. The van der Waals surface area contributed by atoms with Gasteiger partial charge in [0.15, 0.2) is 5.69 Å². The predicted octanol–water partition coefficient (Wildman–Crippen LogP) is 6.64. The Hall–Kier alpha value is -3.87. The van der Waals surface area contributed by atoms with Crippen LogP contribution in [0.3, 0.4) is 0 Å². The highest BCUT2D eigenvalue weighted by Gasteiger charge is 2.51. The van der Waals surface area contributed by atoms with Gasteiger partial charge in [-0.1, -0.05) is 18.2 Å². The Labute approximate surface area is 210 Å². The van der Waals surface area contributed by atoms with Crippen LogP contribution in [0.25, 0.3) is 0 Å². The number of carboxylic acids is 1. The summed E-state index contributed by atoms with van der Waals surface area (Å²) in [5, 5.41) is 17.9. The van der Waals surface area contributed by atoms with Crippen molar-refractivity contribution in [3.63, 3.8) is 0 Å². The maximum atomic E-state index is 12.6. The van der Waals surface area contributed by atoms with Crippen LogP contribution in [-0.4, -0.2) is 22.1 Å². The number of anilines is 4. The summed E-state index contributed by atoms with van der Waals surface area (Å²) in [5.74, 6) is 2.09. The molecule has 0 unspecified atom stereocenters. The molecule has 1 heterocycles. The van der Waals surface area contributed by atoms with Crippen molar-refractivity contribution in [3.8, 4) is 0 Å². The fourth-order valence-corrected chi connectivity index (χ4v) is 7.07. The molecule has 7 rings (SSSR count). The molecule has 2 aromatic carbocycles. The van der Waals surface area contributed by atoms with E-state index in [1.165, 1.54) is 50.2 Å². The molecule has 4 bridgehead atoms. The summed E-state index contributed by atoms with van der Waals surface area (Å²) in [6, 6.07) is 20.1. The average molecular weight is 483 g/mol. The van der Waals surface area contributed by atoms with Crippen molar-refractivity contribution in [3.05, 3.63) is 78.0 Å². The lowest BCUT2D eigenvalue weighted by Crippen LogP contribution is -2.48. The van der Waals surface area contributed by atoms with Crippen LogP contribution >= 0.6 is 0 Å². The number of hydrogen-bond acceptors (Lipinski definition) is 4.